The molecule has 2 aliphatic heterocycles. The Morgan fingerprint density at radius 3 is 2.71 bits per heavy atom. The number of benzene rings is 2. The topological polar surface area (TPSA) is 55.8 Å². The molecule has 0 saturated carbocycles. The fraction of sp³-hybridized carbons (Fsp3) is 0.294. The Morgan fingerprint density at radius 2 is 1.88 bits per heavy atom. The number of rotatable bonds is 3. The fourth-order valence-electron chi connectivity index (χ4n) is 3.18. The van der Waals surface area contributed by atoms with Gasteiger partial charge in [-0.05, 0) is 42.2 Å². The summed E-state index contributed by atoms with van der Waals surface area (Å²) in [6.07, 6.45) is 0.767. The molecule has 7 heteroatoms. The van der Waals surface area contributed by atoms with E-state index in [4.69, 9.17) is 21.1 Å². The van der Waals surface area contributed by atoms with Crippen LogP contribution < -0.4 is 9.47 Å². The predicted octanol–water partition coefficient (Wildman–Crippen LogP) is 3.25. The molecule has 1 unspecified atom stereocenters. The summed E-state index contributed by atoms with van der Waals surface area (Å²) in [5.41, 5.74) is 1.07. The van der Waals surface area contributed by atoms with Gasteiger partial charge in [-0.2, -0.15) is 4.31 Å². The van der Waals surface area contributed by atoms with Gasteiger partial charge in [-0.1, -0.05) is 29.8 Å². The van der Waals surface area contributed by atoms with Crippen LogP contribution in [0.25, 0.3) is 0 Å². The average molecular weight is 366 g/mol. The van der Waals surface area contributed by atoms with E-state index in [2.05, 4.69) is 0 Å². The summed E-state index contributed by atoms with van der Waals surface area (Å²) in [7, 11) is -3.58. The maximum atomic E-state index is 12.8. The standard InChI is InChI=1S/C17H16ClNO4S/c18-14-3-1-2-4-17(14)24(20,21)19-8-7-13(10-19)12-5-6-15-16(9-12)23-11-22-15/h1-6,9,13H,7-8,10-11H2. The van der Waals surface area contributed by atoms with Crippen molar-refractivity contribution in [2.75, 3.05) is 19.9 Å². The van der Waals surface area contributed by atoms with Gasteiger partial charge in [0.25, 0.3) is 0 Å². The van der Waals surface area contributed by atoms with Crippen LogP contribution in [0.3, 0.4) is 0 Å². The third-order valence-corrected chi connectivity index (χ3v) is 6.84. The third kappa shape index (κ3) is 2.64. The molecule has 5 nitrogen and oxygen atoms in total. The molecular weight excluding hydrogens is 350 g/mol. The van der Waals surface area contributed by atoms with Crippen LogP contribution in [-0.4, -0.2) is 32.6 Å². The quantitative estimate of drug-likeness (QED) is 0.837. The van der Waals surface area contributed by atoms with Crippen molar-refractivity contribution in [3.63, 3.8) is 0 Å². The van der Waals surface area contributed by atoms with E-state index in [1.807, 2.05) is 18.2 Å². The van der Waals surface area contributed by atoms with E-state index in [1.54, 1.807) is 24.3 Å². The van der Waals surface area contributed by atoms with Crippen molar-refractivity contribution in [1.29, 1.82) is 0 Å². The van der Waals surface area contributed by atoms with E-state index in [9.17, 15) is 8.42 Å². The summed E-state index contributed by atoms with van der Waals surface area (Å²) in [4.78, 5) is 0.165. The molecule has 126 valence electrons. The number of hydrogen-bond acceptors (Lipinski definition) is 4. The summed E-state index contributed by atoms with van der Waals surface area (Å²) in [5.74, 6) is 1.59. The first-order valence-electron chi connectivity index (χ1n) is 7.70. The molecule has 2 aliphatic rings. The van der Waals surface area contributed by atoms with Crippen molar-refractivity contribution in [2.24, 2.45) is 0 Å². The van der Waals surface area contributed by atoms with Gasteiger partial charge < -0.3 is 9.47 Å². The third-order valence-electron chi connectivity index (χ3n) is 4.47. The molecule has 2 aromatic rings. The van der Waals surface area contributed by atoms with E-state index < -0.39 is 10.0 Å². The number of halogens is 1. The monoisotopic (exact) mass is 365 g/mol. The Bertz CT molecular complexity index is 884. The molecule has 0 radical (unpaired) electrons. The summed E-state index contributed by atoms with van der Waals surface area (Å²) in [6, 6.07) is 12.3. The van der Waals surface area contributed by atoms with Gasteiger partial charge in [0, 0.05) is 13.1 Å². The van der Waals surface area contributed by atoms with Gasteiger partial charge in [0.2, 0.25) is 16.8 Å². The molecule has 1 fully saturated rings. The van der Waals surface area contributed by atoms with Crippen molar-refractivity contribution in [2.45, 2.75) is 17.2 Å². The van der Waals surface area contributed by atoms with Crippen molar-refractivity contribution in [3.05, 3.63) is 53.1 Å². The lowest BCUT2D eigenvalue weighted by atomic mass is 9.98. The maximum absolute atomic E-state index is 12.8. The minimum atomic E-state index is -3.58. The van der Waals surface area contributed by atoms with E-state index >= 15 is 0 Å². The zero-order valence-corrected chi connectivity index (χ0v) is 14.4. The highest BCUT2D eigenvalue weighted by Crippen LogP contribution is 2.38. The van der Waals surface area contributed by atoms with Crippen LogP contribution in [-0.2, 0) is 10.0 Å². The molecule has 2 aromatic carbocycles. The average Bonchev–Trinajstić information content (AvgIpc) is 3.24. The molecule has 0 bridgehead atoms. The highest BCUT2D eigenvalue weighted by Gasteiger charge is 2.34. The number of sulfonamides is 1. The molecule has 0 spiro atoms. The molecule has 2 heterocycles. The second-order valence-electron chi connectivity index (χ2n) is 5.89. The Kier molecular flexibility index (Phi) is 3.90. The highest BCUT2D eigenvalue weighted by molar-refractivity contribution is 7.89. The molecule has 24 heavy (non-hydrogen) atoms. The van der Waals surface area contributed by atoms with E-state index in [0.29, 0.717) is 13.1 Å². The second-order valence-corrected chi connectivity index (χ2v) is 8.21. The van der Waals surface area contributed by atoms with Crippen LogP contribution >= 0.6 is 11.6 Å². The zero-order valence-electron chi connectivity index (χ0n) is 12.8. The van der Waals surface area contributed by atoms with Crippen LogP contribution in [0.4, 0.5) is 0 Å². The summed E-state index contributed by atoms with van der Waals surface area (Å²) in [5, 5.41) is 0.254. The Balaban J connectivity index is 1.57. The lowest BCUT2D eigenvalue weighted by Gasteiger charge is -2.17. The van der Waals surface area contributed by atoms with Gasteiger partial charge in [0.05, 0.1) is 5.02 Å². The molecule has 0 amide bonds. The van der Waals surface area contributed by atoms with Gasteiger partial charge in [0.1, 0.15) is 4.90 Å². The number of fused-ring (bicyclic) bond motifs is 1. The number of nitrogens with zero attached hydrogens (tertiary/aromatic N) is 1. The summed E-state index contributed by atoms with van der Waals surface area (Å²) < 4.78 is 37.9. The Morgan fingerprint density at radius 1 is 1.08 bits per heavy atom. The minimum Gasteiger partial charge on any atom is -0.454 e. The lowest BCUT2D eigenvalue weighted by molar-refractivity contribution is 0.174. The Hall–Kier alpha value is -1.76. The largest absolute Gasteiger partial charge is 0.454 e. The molecule has 0 N–H and O–H groups in total. The number of ether oxygens (including phenoxy) is 2. The molecule has 0 aromatic heterocycles. The molecule has 1 atom stereocenters. The molecular formula is C17H16ClNO4S. The van der Waals surface area contributed by atoms with Crippen LogP contribution in [0.5, 0.6) is 11.5 Å². The fourth-order valence-corrected chi connectivity index (χ4v) is 5.17. The van der Waals surface area contributed by atoms with E-state index in [0.717, 1.165) is 23.5 Å². The maximum Gasteiger partial charge on any atom is 0.244 e. The highest BCUT2D eigenvalue weighted by atomic mass is 35.5. The normalized spacial score (nSPS) is 20.5. The van der Waals surface area contributed by atoms with Gasteiger partial charge in [-0.3, -0.25) is 0 Å². The van der Waals surface area contributed by atoms with Crippen molar-refractivity contribution >= 4 is 21.6 Å². The van der Waals surface area contributed by atoms with Gasteiger partial charge in [0.15, 0.2) is 11.5 Å². The van der Waals surface area contributed by atoms with Crippen molar-refractivity contribution in [1.82, 2.24) is 4.31 Å². The molecule has 1 saturated heterocycles. The predicted molar refractivity (Wildman–Crippen MR) is 90.1 cm³/mol. The van der Waals surface area contributed by atoms with Gasteiger partial charge in [-0.15, -0.1) is 0 Å². The molecule has 0 aliphatic carbocycles. The van der Waals surface area contributed by atoms with Crippen LogP contribution in [0, 0.1) is 0 Å². The number of hydrogen-bond donors (Lipinski definition) is 0. The lowest BCUT2D eigenvalue weighted by Crippen LogP contribution is -2.28. The van der Waals surface area contributed by atoms with Crippen LogP contribution in [0.15, 0.2) is 47.4 Å². The van der Waals surface area contributed by atoms with Gasteiger partial charge >= 0.3 is 0 Å². The molecule has 4 rings (SSSR count). The first-order chi connectivity index (χ1) is 11.6. The smallest absolute Gasteiger partial charge is 0.244 e. The van der Waals surface area contributed by atoms with E-state index in [-0.39, 0.29) is 22.6 Å². The summed E-state index contributed by atoms with van der Waals surface area (Å²) in [6.45, 7) is 1.15. The van der Waals surface area contributed by atoms with Crippen molar-refractivity contribution < 1.29 is 17.9 Å². The van der Waals surface area contributed by atoms with Crippen LogP contribution in [0.2, 0.25) is 5.02 Å². The minimum absolute atomic E-state index is 0.136. The first-order valence-corrected chi connectivity index (χ1v) is 9.52. The second kappa shape index (κ2) is 5.95. The Labute approximate surface area is 145 Å². The van der Waals surface area contributed by atoms with E-state index in [1.165, 1.54) is 4.31 Å². The SMILES string of the molecule is O=S(=O)(c1ccccc1Cl)N1CCC(c2ccc3c(c2)OCO3)C1. The van der Waals surface area contributed by atoms with Gasteiger partial charge in [-0.25, -0.2) is 8.42 Å². The summed E-state index contributed by atoms with van der Waals surface area (Å²) >= 11 is 6.07. The first kappa shape index (κ1) is 15.7. The van der Waals surface area contributed by atoms with Crippen LogP contribution in [0.1, 0.15) is 17.9 Å². The van der Waals surface area contributed by atoms with Crippen molar-refractivity contribution in [3.8, 4) is 11.5 Å². The zero-order chi connectivity index (χ0) is 16.7.